The highest BCUT2D eigenvalue weighted by molar-refractivity contribution is 9.10. The van der Waals surface area contributed by atoms with Crippen LogP contribution in [0.5, 0.6) is 0 Å². The molecule has 1 heterocycles. The zero-order chi connectivity index (χ0) is 20.3. The number of halogens is 2. The minimum absolute atomic E-state index is 0.0174. The van der Waals surface area contributed by atoms with E-state index in [2.05, 4.69) is 26.1 Å². The van der Waals surface area contributed by atoms with Crippen molar-refractivity contribution in [3.8, 4) is 0 Å². The zero-order valence-corrected chi connectivity index (χ0v) is 18.3. The summed E-state index contributed by atoms with van der Waals surface area (Å²) >= 11 is 9.84. The second-order valence-corrected chi connectivity index (χ2v) is 8.42. The van der Waals surface area contributed by atoms with E-state index in [1.807, 2.05) is 43.0 Å². The molecule has 1 fully saturated rings. The lowest BCUT2D eigenvalue weighted by Gasteiger charge is -2.37. The van der Waals surface area contributed by atoms with Gasteiger partial charge in [0.2, 0.25) is 5.91 Å². The number of carbonyl (C=O) groups excluding carboxylic acids is 2. The number of hydrogen-bond donors (Lipinski definition) is 1. The van der Waals surface area contributed by atoms with Crippen LogP contribution >= 0.6 is 27.5 Å². The molecular weight excluding hydrogens is 442 g/mol. The van der Waals surface area contributed by atoms with Crippen molar-refractivity contribution in [2.75, 3.05) is 36.4 Å². The van der Waals surface area contributed by atoms with Crippen LogP contribution in [0.2, 0.25) is 5.02 Å². The van der Waals surface area contributed by atoms with Gasteiger partial charge in [-0.05, 0) is 42.5 Å². The molecule has 7 heteroatoms. The molecule has 1 saturated heterocycles. The predicted molar refractivity (Wildman–Crippen MR) is 117 cm³/mol. The number of carbonyl (C=O) groups is 2. The molecule has 28 heavy (non-hydrogen) atoms. The van der Waals surface area contributed by atoms with Crippen molar-refractivity contribution in [2.45, 2.75) is 13.8 Å². The third kappa shape index (κ3) is 4.86. The average molecular weight is 465 g/mol. The van der Waals surface area contributed by atoms with Crippen LogP contribution in [-0.4, -0.2) is 42.9 Å². The number of anilines is 2. The Morgan fingerprint density at radius 1 is 1.04 bits per heavy atom. The summed E-state index contributed by atoms with van der Waals surface area (Å²) in [6.07, 6.45) is 0. The molecule has 0 atom stereocenters. The van der Waals surface area contributed by atoms with E-state index in [-0.39, 0.29) is 17.7 Å². The topological polar surface area (TPSA) is 52.7 Å². The summed E-state index contributed by atoms with van der Waals surface area (Å²) in [5.41, 5.74) is 2.14. The molecule has 1 aliphatic rings. The molecule has 0 aliphatic carbocycles. The van der Waals surface area contributed by atoms with Gasteiger partial charge in [-0.25, -0.2) is 0 Å². The van der Waals surface area contributed by atoms with Crippen molar-refractivity contribution in [1.29, 1.82) is 0 Å². The summed E-state index contributed by atoms with van der Waals surface area (Å²) in [5, 5.41) is 3.45. The minimum atomic E-state index is -0.183. The van der Waals surface area contributed by atoms with Crippen molar-refractivity contribution in [2.24, 2.45) is 5.92 Å². The molecule has 2 aromatic rings. The molecule has 1 aliphatic heterocycles. The fourth-order valence-electron chi connectivity index (χ4n) is 3.18. The minimum Gasteiger partial charge on any atom is -0.367 e. The largest absolute Gasteiger partial charge is 0.367 e. The third-order valence-electron chi connectivity index (χ3n) is 4.74. The summed E-state index contributed by atoms with van der Waals surface area (Å²) in [7, 11) is 0. The van der Waals surface area contributed by atoms with Crippen molar-refractivity contribution < 1.29 is 9.59 Å². The second kappa shape index (κ2) is 8.97. The Hall–Kier alpha value is -2.05. The van der Waals surface area contributed by atoms with Crippen molar-refractivity contribution >= 4 is 50.7 Å². The SMILES string of the molecule is CC(C)C(=O)N1CCN(c2ccc(NC(=O)c3ccc(Br)cc3)cc2Cl)CC1. The molecule has 3 rings (SSSR count). The zero-order valence-electron chi connectivity index (χ0n) is 15.9. The molecule has 0 bridgehead atoms. The first kappa shape index (κ1) is 20.7. The molecule has 0 aromatic heterocycles. The third-order valence-corrected chi connectivity index (χ3v) is 5.57. The maximum atomic E-state index is 12.4. The van der Waals surface area contributed by atoms with Gasteiger partial charge in [0.05, 0.1) is 10.7 Å². The number of nitrogens with zero attached hydrogens (tertiary/aromatic N) is 2. The fraction of sp³-hybridized carbons (Fsp3) is 0.333. The number of rotatable bonds is 4. The van der Waals surface area contributed by atoms with E-state index < -0.39 is 0 Å². The van der Waals surface area contributed by atoms with Crippen LogP contribution in [-0.2, 0) is 4.79 Å². The van der Waals surface area contributed by atoms with E-state index in [0.29, 0.717) is 29.4 Å². The first-order valence-corrected chi connectivity index (χ1v) is 10.4. The van der Waals surface area contributed by atoms with Gasteiger partial charge in [0.25, 0.3) is 5.91 Å². The Morgan fingerprint density at radius 3 is 2.25 bits per heavy atom. The van der Waals surface area contributed by atoms with Gasteiger partial charge in [0.15, 0.2) is 0 Å². The summed E-state index contributed by atoms with van der Waals surface area (Å²) in [5.74, 6) is 0.0256. The van der Waals surface area contributed by atoms with Gasteiger partial charge in [-0.3, -0.25) is 9.59 Å². The molecule has 2 aromatic carbocycles. The Bertz CT molecular complexity index is 862. The molecule has 0 radical (unpaired) electrons. The van der Waals surface area contributed by atoms with E-state index in [0.717, 1.165) is 23.2 Å². The van der Waals surface area contributed by atoms with Crippen molar-refractivity contribution in [3.63, 3.8) is 0 Å². The van der Waals surface area contributed by atoms with Crippen LogP contribution in [0.4, 0.5) is 11.4 Å². The number of benzene rings is 2. The first-order chi connectivity index (χ1) is 13.3. The fourth-order valence-corrected chi connectivity index (χ4v) is 3.74. The lowest BCUT2D eigenvalue weighted by molar-refractivity contribution is -0.134. The highest BCUT2D eigenvalue weighted by Crippen LogP contribution is 2.30. The molecule has 0 unspecified atom stereocenters. The van der Waals surface area contributed by atoms with Crippen LogP contribution in [0, 0.1) is 5.92 Å². The quantitative estimate of drug-likeness (QED) is 0.716. The van der Waals surface area contributed by atoms with Crippen LogP contribution in [0.25, 0.3) is 0 Å². The molecule has 1 N–H and O–H groups in total. The Morgan fingerprint density at radius 2 is 1.68 bits per heavy atom. The van der Waals surface area contributed by atoms with Gasteiger partial charge < -0.3 is 15.1 Å². The van der Waals surface area contributed by atoms with E-state index in [9.17, 15) is 9.59 Å². The number of piperazine rings is 1. The molecule has 148 valence electrons. The molecular formula is C21H23BrClN3O2. The van der Waals surface area contributed by atoms with Crippen molar-refractivity contribution in [1.82, 2.24) is 4.90 Å². The van der Waals surface area contributed by atoms with E-state index in [4.69, 9.17) is 11.6 Å². The van der Waals surface area contributed by atoms with Gasteiger partial charge >= 0.3 is 0 Å². The first-order valence-electron chi connectivity index (χ1n) is 9.25. The Balaban J connectivity index is 1.64. The van der Waals surface area contributed by atoms with Crippen LogP contribution < -0.4 is 10.2 Å². The maximum absolute atomic E-state index is 12.4. The van der Waals surface area contributed by atoms with E-state index in [1.165, 1.54) is 0 Å². The number of amides is 2. The average Bonchev–Trinajstić information content (AvgIpc) is 2.68. The van der Waals surface area contributed by atoms with Gasteiger partial charge in [-0.15, -0.1) is 0 Å². The van der Waals surface area contributed by atoms with Gasteiger partial charge in [0, 0.05) is 47.8 Å². The van der Waals surface area contributed by atoms with Crippen molar-refractivity contribution in [3.05, 3.63) is 57.5 Å². The smallest absolute Gasteiger partial charge is 0.255 e. The summed E-state index contributed by atoms with van der Waals surface area (Å²) in [4.78, 5) is 28.6. The standard InChI is InChI=1S/C21H23BrClN3O2/c1-14(2)21(28)26-11-9-25(10-12-26)19-8-7-17(13-18(19)23)24-20(27)15-3-5-16(22)6-4-15/h3-8,13-14H,9-12H2,1-2H3,(H,24,27). The lowest BCUT2D eigenvalue weighted by Crippen LogP contribution is -2.50. The summed E-state index contributed by atoms with van der Waals surface area (Å²) in [6, 6.07) is 12.7. The predicted octanol–water partition coefficient (Wildman–Crippen LogP) is 4.66. The van der Waals surface area contributed by atoms with Gasteiger partial charge in [0.1, 0.15) is 0 Å². The van der Waals surface area contributed by atoms with E-state index >= 15 is 0 Å². The van der Waals surface area contributed by atoms with Crippen LogP contribution in [0.3, 0.4) is 0 Å². The van der Waals surface area contributed by atoms with Crippen LogP contribution in [0.15, 0.2) is 46.9 Å². The normalized spacial score (nSPS) is 14.3. The monoisotopic (exact) mass is 463 g/mol. The molecule has 2 amide bonds. The Labute approximate surface area is 178 Å². The number of hydrogen-bond acceptors (Lipinski definition) is 3. The maximum Gasteiger partial charge on any atom is 0.255 e. The number of nitrogens with one attached hydrogen (secondary N) is 1. The molecule has 0 saturated carbocycles. The van der Waals surface area contributed by atoms with Crippen LogP contribution in [0.1, 0.15) is 24.2 Å². The lowest BCUT2D eigenvalue weighted by atomic mass is 10.1. The Kier molecular flexibility index (Phi) is 6.62. The molecule has 0 spiro atoms. The van der Waals surface area contributed by atoms with Gasteiger partial charge in [-0.2, -0.15) is 0 Å². The van der Waals surface area contributed by atoms with Gasteiger partial charge in [-0.1, -0.05) is 41.4 Å². The second-order valence-electron chi connectivity index (χ2n) is 7.09. The molecule has 5 nitrogen and oxygen atoms in total. The highest BCUT2D eigenvalue weighted by Gasteiger charge is 2.24. The van der Waals surface area contributed by atoms with E-state index in [1.54, 1.807) is 18.2 Å². The summed E-state index contributed by atoms with van der Waals surface area (Å²) in [6.45, 7) is 6.70. The highest BCUT2D eigenvalue weighted by atomic mass is 79.9. The summed E-state index contributed by atoms with van der Waals surface area (Å²) < 4.78 is 0.923.